The van der Waals surface area contributed by atoms with Crippen molar-refractivity contribution in [2.75, 3.05) is 13.6 Å². The Balaban J connectivity index is 1.87. The third-order valence-electron chi connectivity index (χ3n) is 4.32. The number of likely N-dealkylation sites (N-methyl/N-ethyl adjacent to an activating group) is 1. The lowest BCUT2D eigenvalue weighted by molar-refractivity contribution is 0.657. The highest BCUT2D eigenvalue weighted by Crippen LogP contribution is 2.37. The van der Waals surface area contributed by atoms with E-state index in [1.54, 1.807) is 5.69 Å². The molecule has 0 aromatic carbocycles. The first kappa shape index (κ1) is 11.3. The third-order valence-corrected chi connectivity index (χ3v) is 4.32. The molecule has 0 unspecified atom stereocenters. The van der Waals surface area contributed by atoms with Gasteiger partial charge in [0, 0.05) is 31.1 Å². The minimum atomic E-state index is 0.776. The molecule has 0 amide bonds. The van der Waals surface area contributed by atoms with Crippen molar-refractivity contribution in [1.29, 1.82) is 0 Å². The predicted octanol–water partition coefficient (Wildman–Crippen LogP) is 2.25. The fourth-order valence-electron chi connectivity index (χ4n) is 3.44. The Morgan fingerprint density at radius 2 is 2.12 bits per heavy atom. The second-order valence-electron chi connectivity index (χ2n) is 5.45. The lowest BCUT2D eigenvalue weighted by Crippen LogP contribution is -2.13. The van der Waals surface area contributed by atoms with Crippen molar-refractivity contribution >= 4 is 0 Å². The van der Waals surface area contributed by atoms with Gasteiger partial charge in [0.05, 0.1) is 5.69 Å². The van der Waals surface area contributed by atoms with Crippen LogP contribution in [-0.2, 0) is 19.4 Å². The molecule has 0 saturated heterocycles. The van der Waals surface area contributed by atoms with E-state index < -0.39 is 0 Å². The number of fused-ring (bicyclic) bond motifs is 1. The number of nitrogens with zero attached hydrogens (tertiary/aromatic N) is 2. The van der Waals surface area contributed by atoms with Crippen LogP contribution >= 0.6 is 0 Å². The number of hydrogen-bond acceptors (Lipinski definition) is 2. The van der Waals surface area contributed by atoms with E-state index in [0.29, 0.717) is 0 Å². The SMILES string of the molecule is CNCCc1nc(C2CCCC2)c2n1CCC2. The van der Waals surface area contributed by atoms with Crippen molar-refractivity contribution in [3.63, 3.8) is 0 Å². The minimum absolute atomic E-state index is 0.776. The van der Waals surface area contributed by atoms with Crippen molar-refractivity contribution in [2.45, 2.75) is 57.4 Å². The van der Waals surface area contributed by atoms with Crippen molar-refractivity contribution < 1.29 is 0 Å². The molecule has 1 aromatic rings. The lowest BCUT2D eigenvalue weighted by Gasteiger charge is -2.06. The molecule has 2 heterocycles. The molecule has 1 fully saturated rings. The normalized spacial score (nSPS) is 20.1. The third kappa shape index (κ3) is 2.01. The quantitative estimate of drug-likeness (QED) is 0.864. The van der Waals surface area contributed by atoms with Gasteiger partial charge in [-0.2, -0.15) is 0 Å². The Kier molecular flexibility index (Phi) is 3.19. The van der Waals surface area contributed by atoms with Gasteiger partial charge in [-0.05, 0) is 32.7 Å². The molecule has 3 nitrogen and oxygen atoms in total. The van der Waals surface area contributed by atoms with Gasteiger partial charge in [-0.1, -0.05) is 12.8 Å². The van der Waals surface area contributed by atoms with E-state index in [-0.39, 0.29) is 0 Å². The Hall–Kier alpha value is -0.830. The predicted molar refractivity (Wildman–Crippen MR) is 69.4 cm³/mol. The summed E-state index contributed by atoms with van der Waals surface area (Å²) in [6, 6.07) is 0. The summed E-state index contributed by atoms with van der Waals surface area (Å²) in [6.07, 6.45) is 9.22. The van der Waals surface area contributed by atoms with Gasteiger partial charge in [0.1, 0.15) is 5.82 Å². The Morgan fingerprint density at radius 3 is 2.88 bits per heavy atom. The fourth-order valence-corrected chi connectivity index (χ4v) is 3.44. The highest BCUT2D eigenvalue weighted by atomic mass is 15.1. The minimum Gasteiger partial charge on any atom is -0.332 e. The molecule has 1 N–H and O–H groups in total. The molecule has 2 aliphatic rings. The maximum Gasteiger partial charge on any atom is 0.110 e. The number of imidazole rings is 1. The lowest BCUT2D eigenvalue weighted by atomic mass is 10.0. The molecule has 3 heteroatoms. The molecule has 1 saturated carbocycles. The van der Waals surface area contributed by atoms with Gasteiger partial charge in [0.15, 0.2) is 0 Å². The summed E-state index contributed by atoms with van der Waals surface area (Å²) in [5.41, 5.74) is 3.04. The molecular weight excluding hydrogens is 210 g/mol. The molecule has 1 aliphatic heterocycles. The first-order valence-electron chi connectivity index (χ1n) is 7.13. The smallest absolute Gasteiger partial charge is 0.110 e. The van der Waals surface area contributed by atoms with Crippen LogP contribution in [0.25, 0.3) is 0 Å². The zero-order valence-corrected chi connectivity index (χ0v) is 10.8. The Morgan fingerprint density at radius 1 is 1.29 bits per heavy atom. The van der Waals surface area contributed by atoms with Gasteiger partial charge in [0.2, 0.25) is 0 Å². The summed E-state index contributed by atoms with van der Waals surface area (Å²) in [5, 5.41) is 3.23. The van der Waals surface area contributed by atoms with Gasteiger partial charge in [-0.3, -0.25) is 0 Å². The molecule has 1 aliphatic carbocycles. The Labute approximate surface area is 104 Å². The molecule has 0 spiro atoms. The first-order valence-corrected chi connectivity index (χ1v) is 7.13. The van der Waals surface area contributed by atoms with E-state index in [0.717, 1.165) is 18.9 Å². The number of hydrogen-bond donors (Lipinski definition) is 1. The van der Waals surface area contributed by atoms with Crippen LogP contribution in [0.2, 0.25) is 0 Å². The summed E-state index contributed by atoms with van der Waals surface area (Å²) in [5.74, 6) is 2.10. The fraction of sp³-hybridized carbons (Fsp3) is 0.786. The topological polar surface area (TPSA) is 29.9 Å². The van der Waals surface area contributed by atoms with Crippen molar-refractivity contribution in [3.05, 3.63) is 17.2 Å². The van der Waals surface area contributed by atoms with Crippen LogP contribution in [-0.4, -0.2) is 23.1 Å². The molecule has 17 heavy (non-hydrogen) atoms. The van der Waals surface area contributed by atoms with Crippen LogP contribution in [0, 0.1) is 0 Å². The van der Waals surface area contributed by atoms with Crippen LogP contribution in [0.3, 0.4) is 0 Å². The van der Waals surface area contributed by atoms with Crippen molar-refractivity contribution in [3.8, 4) is 0 Å². The van der Waals surface area contributed by atoms with Gasteiger partial charge in [-0.15, -0.1) is 0 Å². The van der Waals surface area contributed by atoms with Crippen LogP contribution in [0.15, 0.2) is 0 Å². The van der Waals surface area contributed by atoms with E-state index in [9.17, 15) is 0 Å². The summed E-state index contributed by atoms with van der Waals surface area (Å²) in [4.78, 5) is 4.97. The monoisotopic (exact) mass is 233 g/mol. The van der Waals surface area contributed by atoms with Gasteiger partial charge >= 0.3 is 0 Å². The van der Waals surface area contributed by atoms with E-state index in [2.05, 4.69) is 9.88 Å². The van der Waals surface area contributed by atoms with Crippen molar-refractivity contribution in [1.82, 2.24) is 14.9 Å². The standard InChI is InChI=1S/C14H23N3/c1-15-9-8-13-16-14(11-5-2-3-6-11)12-7-4-10-17(12)13/h11,15H,2-10H2,1H3. The van der Waals surface area contributed by atoms with Crippen LogP contribution < -0.4 is 5.32 Å². The maximum absolute atomic E-state index is 4.97. The van der Waals surface area contributed by atoms with Crippen LogP contribution in [0.5, 0.6) is 0 Å². The van der Waals surface area contributed by atoms with E-state index in [1.165, 1.54) is 56.6 Å². The second-order valence-corrected chi connectivity index (χ2v) is 5.45. The number of aromatic nitrogens is 2. The number of rotatable bonds is 4. The largest absolute Gasteiger partial charge is 0.332 e. The zero-order valence-electron chi connectivity index (χ0n) is 10.8. The van der Waals surface area contributed by atoms with Gasteiger partial charge in [-0.25, -0.2) is 4.98 Å². The highest BCUT2D eigenvalue weighted by molar-refractivity contribution is 5.25. The molecule has 0 bridgehead atoms. The Bertz CT molecular complexity index is 388. The van der Waals surface area contributed by atoms with Crippen molar-refractivity contribution in [2.24, 2.45) is 0 Å². The second kappa shape index (κ2) is 4.81. The summed E-state index contributed by atoms with van der Waals surface area (Å²) >= 11 is 0. The molecular formula is C14H23N3. The zero-order chi connectivity index (χ0) is 11.7. The first-order chi connectivity index (χ1) is 8.40. The maximum atomic E-state index is 4.97. The van der Waals surface area contributed by atoms with Gasteiger partial charge in [0.25, 0.3) is 0 Å². The highest BCUT2D eigenvalue weighted by Gasteiger charge is 2.27. The molecule has 94 valence electrons. The van der Waals surface area contributed by atoms with Gasteiger partial charge < -0.3 is 9.88 Å². The van der Waals surface area contributed by atoms with E-state index >= 15 is 0 Å². The molecule has 1 aromatic heterocycles. The molecule has 0 atom stereocenters. The molecule has 3 rings (SSSR count). The average Bonchev–Trinajstić information content (AvgIpc) is 3.03. The summed E-state index contributed by atoms with van der Waals surface area (Å²) in [6.45, 7) is 2.24. The summed E-state index contributed by atoms with van der Waals surface area (Å²) < 4.78 is 2.50. The number of nitrogens with one attached hydrogen (secondary N) is 1. The van der Waals surface area contributed by atoms with Crippen LogP contribution in [0.1, 0.15) is 55.2 Å². The van der Waals surface area contributed by atoms with Crippen LogP contribution in [0.4, 0.5) is 0 Å². The molecule has 0 radical (unpaired) electrons. The average molecular weight is 233 g/mol. The van der Waals surface area contributed by atoms with E-state index in [1.807, 2.05) is 7.05 Å². The summed E-state index contributed by atoms with van der Waals surface area (Å²) in [7, 11) is 2.02. The van der Waals surface area contributed by atoms with E-state index in [4.69, 9.17) is 4.98 Å².